The van der Waals surface area contributed by atoms with Crippen LogP contribution in [0.1, 0.15) is 0 Å². The lowest BCUT2D eigenvalue weighted by Gasteiger charge is -2.12. The predicted octanol–water partition coefficient (Wildman–Crippen LogP) is 12.1. The molecule has 2 nitrogen and oxygen atoms in total. The second-order valence-corrected chi connectivity index (χ2v) is 11.9. The number of hydrogen-bond donors (Lipinski definition) is 0. The normalized spacial score (nSPS) is 12.0. The van der Waals surface area contributed by atoms with Crippen LogP contribution in [-0.4, -0.2) is 4.98 Å². The molecule has 0 amide bonds. The molecule has 0 radical (unpaired) electrons. The fourth-order valence-electron chi connectivity index (χ4n) is 7.46. The van der Waals surface area contributed by atoms with Crippen molar-refractivity contribution in [2.24, 2.45) is 0 Å². The van der Waals surface area contributed by atoms with E-state index in [1.54, 1.807) is 0 Å². The Morgan fingerprint density at radius 1 is 0.378 bits per heavy atom. The number of rotatable bonds is 2. The number of furan rings is 1. The van der Waals surface area contributed by atoms with E-state index < -0.39 is 0 Å². The Kier molecular flexibility index (Phi) is 5.03. The standard InChI is InChI=1S/C43H25NO/c1-2-12-32-30(10-1)31-11-3-4-13-33(31)37-24-28(19-21-34(32)37)29-20-22-39-38(25-29)42-36(15-6-16-40(42)45-39)35-14-5-8-26-17-18-27-9-7-23-44-43(27)41(26)35/h1-25H. The van der Waals surface area contributed by atoms with Crippen molar-refractivity contribution in [1.29, 1.82) is 0 Å². The minimum absolute atomic E-state index is 0.890. The summed E-state index contributed by atoms with van der Waals surface area (Å²) in [5, 5.41) is 13.4. The molecule has 0 bridgehead atoms. The molecule has 0 atom stereocenters. The molecule has 0 saturated carbocycles. The van der Waals surface area contributed by atoms with Crippen LogP contribution < -0.4 is 0 Å². The van der Waals surface area contributed by atoms with Gasteiger partial charge in [0.2, 0.25) is 0 Å². The van der Waals surface area contributed by atoms with E-state index in [4.69, 9.17) is 9.40 Å². The Balaban J connectivity index is 1.23. The molecular formula is C43H25NO. The third-order valence-corrected chi connectivity index (χ3v) is 9.48. The number of nitrogens with zero attached hydrogens (tertiary/aromatic N) is 1. The topological polar surface area (TPSA) is 26.0 Å². The number of hydrogen-bond acceptors (Lipinski definition) is 2. The maximum atomic E-state index is 6.47. The molecule has 0 spiro atoms. The molecule has 10 rings (SSSR count). The van der Waals surface area contributed by atoms with Gasteiger partial charge < -0.3 is 4.42 Å². The van der Waals surface area contributed by atoms with Crippen LogP contribution in [0.5, 0.6) is 0 Å². The van der Waals surface area contributed by atoms with Crippen LogP contribution in [0.4, 0.5) is 0 Å². The van der Waals surface area contributed by atoms with Crippen molar-refractivity contribution in [3.05, 3.63) is 152 Å². The first-order valence-corrected chi connectivity index (χ1v) is 15.4. The van der Waals surface area contributed by atoms with Crippen LogP contribution in [0, 0.1) is 0 Å². The Labute approximate surface area is 258 Å². The monoisotopic (exact) mass is 571 g/mol. The lowest BCUT2D eigenvalue weighted by molar-refractivity contribution is 0.669. The van der Waals surface area contributed by atoms with Crippen molar-refractivity contribution in [3.8, 4) is 22.3 Å². The number of aromatic nitrogens is 1. The summed E-state index contributed by atoms with van der Waals surface area (Å²) in [7, 11) is 0. The quantitative estimate of drug-likeness (QED) is 0.193. The molecule has 45 heavy (non-hydrogen) atoms. The average molecular weight is 572 g/mol. The minimum atomic E-state index is 0.890. The zero-order valence-corrected chi connectivity index (χ0v) is 24.3. The second kappa shape index (κ2) is 9.25. The highest BCUT2D eigenvalue weighted by Gasteiger charge is 2.17. The third kappa shape index (κ3) is 3.54. The summed E-state index contributed by atoms with van der Waals surface area (Å²) >= 11 is 0. The molecule has 0 unspecified atom stereocenters. The van der Waals surface area contributed by atoms with Gasteiger partial charge in [0, 0.05) is 27.7 Å². The van der Waals surface area contributed by atoms with Crippen molar-refractivity contribution in [3.63, 3.8) is 0 Å². The summed E-state index contributed by atoms with van der Waals surface area (Å²) in [6.45, 7) is 0. The second-order valence-electron chi connectivity index (χ2n) is 11.9. The van der Waals surface area contributed by atoms with Gasteiger partial charge in [0.05, 0.1) is 5.52 Å². The number of pyridine rings is 1. The van der Waals surface area contributed by atoms with E-state index in [9.17, 15) is 0 Å². The van der Waals surface area contributed by atoms with Gasteiger partial charge in [0.1, 0.15) is 11.2 Å². The average Bonchev–Trinajstić information content (AvgIpc) is 3.49. The molecule has 0 aliphatic carbocycles. The van der Waals surface area contributed by atoms with E-state index in [1.165, 1.54) is 59.8 Å². The first-order chi connectivity index (χ1) is 22.3. The molecule has 2 heteroatoms. The van der Waals surface area contributed by atoms with Crippen LogP contribution in [0.2, 0.25) is 0 Å². The van der Waals surface area contributed by atoms with Crippen molar-refractivity contribution in [2.45, 2.75) is 0 Å². The Bertz CT molecular complexity index is 2790. The fraction of sp³-hybridized carbons (Fsp3) is 0. The molecular weight excluding hydrogens is 546 g/mol. The lowest BCUT2D eigenvalue weighted by atomic mass is 9.91. The molecule has 0 saturated heterocycles. The molecule has 2 heterocycles. The zero-order chi connectivity index (χ0) is 29.5. The van der Waals surface area contributed by atoms with Crippen LogP contribution >= 0.6 is 0 Å². The van der Waals surface area contributed by atoms with Gasteiger partial charge in [0.15, 0.2) is 0 Å². The highest BCUT2D eigenvalue weighted by molar-refractivity contribution is 6.26. The van der Waals surface area contributed by atoms with Gasteiger partial charge in [-0.1, -0.05) is 115 Å². The molecule has 0 aliphatic rings. The first-order valence-electron chi connectivity index (χ1n) is 15.4. The third-order valence-electron chi connectivity index (χ3n) is 9.48. The van der Waals surface area contributed by atoms with Crippen LogP contribution in [0.25, 0.3) is 98.2 Å². The summed E-state index contributed by atoms with van der Waals surface area (Å²) in [5.41, 5.74) is 7.48. The van der Waals surface area contributed by atoms with Gasteiger partial charge >= 0.3 is 0 Å². The minimum Gasteiger partial charge on any atom is -0.456 e. The smallest absolute Gasteiger partial charge is 0.136 e. The van der Waals surface area contributed by atoms with E-state index in [0.29, 0.717) is 0 Å². The Hall–Kier alpha value is -5.99. The SMILES string of the molecule is c1cnc2c(c1)ccc1cccc(-c3cccc4oc5ccc(-c6ccc7c8ccccc8c8ccccc8c7c6)cc5c34)c12. The van der Waals surface area contributed by atoms with Crippen molar-refractivity contribution < 1.29 is 4.42 Å². The fourth-order valence-corrected chi connectivity index (χ4v) is 7.46. The van der Waals surface area contributed by atoms with E-state index >= 15 is 0 Å². The van der Waals surface area contributed by atoms with E-state index in [-0.39, 0.29) is 0 Å². The van der Waals surface area contributed by atoms with Crippen molar-refractivity contribution in [1.82, 2.24) is 4.98 Å². The van der Waals surface area contributed by atoms with Crippen LogP contribution in [0.15, 0.2) is 156 Å². The van der Waals surface area contributed by atoms with E-state index in [2.05, 4.69) is 140 Å². The molecule has 0 aliphatic heterocycles. The van der Waals surface area contributed by atoms with Gasteiger partial charge in [-0.05, 0) is 90.3 Å². The number of benzene rings is 8. The summed E-state index contributed by atoms with van der Waals surface area (Å²) < 4.78 is 6.47. The van der Waals surface area contributed by atoms with Crippen molar-refractivity contribution >= 4 is 75.9 Å². The molecule has 8 aromatic carbocycles. The number of fused-ring (bicyclic) bond motifs is 12. The van der Waals surface area contributed by atoms with Gasteiger partial charge in [-0.15, -0.1) is 0 Å². The van der Waals surface area contributed by atoms with E-state index in [0.717, 1.165) is 38.4 Å². The Morgan fingerprint density at radius 2 is 0.978 bits per heavy atom. The molecule has 10 aromatic rings. The summed E-state index contributed by atoms with van der Waals surface area (Å²) in [6.07, 6.45) is 1.88. The largest absolute Gasteiger partial charge is 0.456 e. The lowest BCUT2D eigenvalue weighted by Crippen LogP contribution is -1.87. The molecule has 0 N–H and O–H groups in total. The van der Waals surface area contributed by atoms with Gasteiger partial charge in [0.25, 0.3) is 0 Å². The first kappa shape index (κ1) is 24.5. The maximum Gasteiger partial charge on any atom is 0.136 e. The Morgan fingerprint density at radius 3 is 1.76 bits per heavy atom. The van der Waals surface area contributed by atoms with E-state index in [1.807, 2.05) is 12.3 Å². The van der Waals surface area contributed by atoms with Gasteiger partial charge in [-0.2, -0.15) is 0 Å². The van der Waals surface area contributed by atoms with Gasteiger partial charge in [-0.25, -0.2) is 0 Å². The highest BCUT2D eigenvalue weighted by Crippen LogP contribution is 2.43. The molecule has 0 fully saturated rings. The van der Waals surface area contributed by atoms with Crippen LogP contribution in [0.3, 0.4) is 0 Å². The molecule has 208 valence electrons. The maximum absolute atomic E-state index is 6.47. The molecule has 2 aromatic heterocycles. The van der Waals surface area contributed by atoms with Crippen LogP contribution in [-0.2, 0) is 0 Å². The van der Waals surface area contributed by atoms with Crippen molar-refractivity contribution in [2.75, 3.05) is 0 Å². The van der Waals surface area contributed by atoms with Gasteiger partial charge in [-0.3, -0.25) is 4.98 Å². The summed E-state index contributed by atoms with van der Waals surface area (Å²) in [5.74, 6) is 0. The highest BCUT2D eigenvalue weighted by atomic mass is 16.3. The summed E-state index contributed by atoms with van der Waals surface area (Å²) in [6, 6.07) is 52.4. The predicted molar refractivity (Wildman–Crippen MR) is 190 cm³/mol. The zero-order valence-electron chi connectivity index (χ0n) is 24.3. The summed E-state index contributed by atoms with van der Waals surface area (Å²) in [4.78, 5) is 4.82.